The molecular weight excluding hydrogens is 342 g/mol. The predicted octanol–water partition coefficient (Wildman–Crippen LogP) is 0.481. The van der Waals surface area contributed by atoms with E-state index in [9.17, 15) is 19.2 Å². The van der Waals surface area contributed by atoms with Gasteiger partial charge in [-0.05, 0) is 18.9 Å². The lowest BCUT2D eigenvalue weighted by molar-refractivity contribution is -0.158. The fourth-order valence-electron chi connectivity index (χ4n) is 2.47. The van der Waals surface area contributed by atoms with Crippen LogP contribution in [-0.2, 0) is 35.3 Å². The molecule has 0 aromatic heterocycles. The van der Waals surface area contributed by atoms with Crippen molar-refractivity contribution in [3.8, 4) is 0 Å². The van der Waals surface area contributed by atoms with Crippen molar-refractivity contribution in [2.24, 2.45) is 0 Å². The highest BCUT2D eigenvalue weighted by Crippen LogP contribution is 2.21. The third-order valence-electron chi connectivity index (χ3n) is 3.70. The highest BCUT2D eigenvalue weighted by molar-refractivity contribution is 6.62. The molecule has 2 amide bonds. The Hall–Kier alpha value is -3.32. The maximum atomic E-state index is 12.4. The van der Waals surface area contributed by atoms with E-state index in [-0.39, 0.29) is 26.1 Å². The Labute approximate surface area is 149 Å². The summed E-state index contributed by atoms with van der Waals surface area (Å²) in [6.45, 7) is 1.43. The van der Waals surface area contributed by atoms with Crippen LogP contribution < -0.4 is 0 Å². The van der Waals surface area contributed by atoms with Crippen LogP contribution in [0.25, 0.3) is 5.53 Å². The van der Waals surface area contributed by atoms with Crippen molar-refractivity contribution in [2.75, 3.05) is 6.61 Å². The van der Waals surface area contributed by atoms with Crippen LogP contribution in [0.4, 0.5) is 0 Å². The van der Waals surface area contributed by atoms with Gasteiger partial charge in [0.2, 0.25) is 5.91 Å². The zero-order valence-electron chi connectivity index (χ0n) is 14.1. The van der Waals surface area contributed by atoms with E-state index in [1.165, 1.54) is 6.92 Å². The van der Waals surface area contributed by atoms with E-state index < -0.39 is 35.5 Å². The number of carbonyl (C=O) groups excluding carboxylic acids is 4. The lowest BCUT2D eigenvalue weighted by Gasteiger charge is -2.19. The average molecular weight is 359 g/mol. The molecule has 2 rings (SSSR count). The number of nitrogens with zero attached hydrogens (tertiary/aromatic N) is 3. The van der Waals surface area contributed by atoms with Crippen molar-refractivity contribution in [3.05, 3.63) is 41.4 Å². The van der Waals surface area contributed by atoms with Crippen molar-refractivity contribution in [1.29, 1.82) is 0 Å². The molecule has 9 nitrogen and oxygen atoms in total. The first kappa shape index (κ1) is 19.0. The minimum absolute atomic E-state index is 0.0226. The van der Waals surface area contributed by atoms with Crippen LogP contribution in [0.2, 0.25) is 0 Å². The first-order valence-corrected chi connectivity index (χ1v) is 7.95. The molecule has 1 saturated heterocycles. The molecule has 0 saturated carbocycles. The molecule has 1 atom stereocenters. The van der Waals surface area contributed by atoms with Gasteiger partial charge in [0, 0.05) is 6.42 Å². The quantitative estimate of drug-likeness (QED) is 0.239. The highest BCUT2D eigenvalue weighted by atomic mass is 16.5. The van der Waals surface area contributed by atoms with Crippen LogP contribution in [0.3, 0.4) is 0 Å². The molecule has 0 spiro atoms. The molecule has 0 bridgehead atoms. The summed E-state index contributed by atoms with van der Waals surface area (Å²) in [7, 11) is 0. The summed E-state index contributed by atoms with van der Waals surface area (Å²) >= 11 is 0. The predicted molar refractivity (Wildman–Crippen MR) is 86.4 cm³/mol. The maximum absolute atomic E-state index is 12.4. The Balaban J connectivity index is 2.11. The van der Waals surface area contributed by atoms with Crippen LogP contribution in [-0.4, -0.2) is 51.8 Å². The molecule has 1 fully saturated rings. The smallest absolute Gasteiger partial charge is 0.459 e. The van der Waals surface area contributed by atoms with Crippen molar-refractivity contribution in [3.63, 3.8) is 0 Å². The third kappa shape index (κ3) is 4.20. The number of rotatable bonds is 6. The van der Waals surface area contributed by atoms with Gasteiger partial charge in [-0.1, -0.05) is 30.3 Å². The van der Waals surface area contributed by atoms with Crippen molar-refractivity contribution < 1.29 is 33.4 Å². The fourth-order valence-corrected chi connectivity index (χ4v) is 2.47. The van der Waals surface area contributed by atoms with Gasteiger partial charge < -0.3 is 15.0 Å². The second-order valence-corrected chi connectivity index (χ2v) is 5.39. The number of hydrogen-bond donors (Lipinski definition) is 0. The molecular formula is C17H17N3O6. The molecule has 0 N–H and O–H groups in total. The Morgan fingerprint density at radius 1 is 1.23 bits per heavy atom. The molecule has 1 aliphatic rings. The largest absolute Gasteiger partial charge is 0.463 e. The summed E-state index contributed by atoms with van der Waals surface area (Å²) in [5.74, 6) is -3.83. The van der Waals surface area contributed by atoms with Crippen molar-refractivity contribution in [2.45, 2.75) is 32.4 Å². The normalized spacial score (nSPS) is 16.0. The molecule has 1 aromatic rings. The van der Waals surface area contributed by atoms with E-state index in [0.29, 0.717) is 4.90 Å². The number of likely N-dealkylation sites (tertiary alicyclic amines) is 1. The molecule has 1 aromatic carbocycles. The van der Waals surface area contributed by atoms with Gasteiger partial charge in [0.05, 0.1) is 6.61 Å². The fraction of sp³-hybridized carbons (Fsp3) is 0.353. The minimum atomic E-state index is -1.20. The van der Waals surface area contributed by atoms with E-state index in [4.69, 9.17) is 10.3 Å². The molecule has 0 aliphatic carbocycles. The average Bonchev–Trinajstić information content (AvgIpc) is 3.03. The van der Waals surface area contributed by atoms with Crippen LogP contribution in [0.5, 0.6) is 0 Å². The molecule has 136 valence electrons. The van der Waals surface area contributed by atoms with Gasteiger partial charge in [0.25, 0.3) is 0 Å². The molecule has 1 aliphatic heterocycles. The van der Waals surface area contributed by atoms with E-state index in [0.717, 1.165) is 5.56 Å². The topological polar surface area (TPSA) is 126 Å². The summed E-state index contributed by atoms with van der Waals surface area (Å²) in [5, 5.41) is 0. The van der Waals surface area contributed by atoms with Gasteiger partial charge in [-0.15, -0.1) is 0 Å². The van der Waals surface area contributed by atoms with Crippen LogP contribution >= 0.6 is 0 Å². The van der Waals surface area contributed by atoms with Gasteiger partial charge in [-0.25, -0.2) is 9.59 Å². The maximum Gasteiger partial charge on any atom is 0.463 e. The van der Waals surface area contributed by atoms with Crippen molar-refractivity contribution in [1.82, 2.24) is 4.90 Å². The number of imide groups is 1. The summed E-state index contributed by atoms with van der Waals surface area (Å²) < 4.78 is 9.77. The summed E-state index contributed by atoms with van der Waals surface area (Å²) in [6, 6.07) is 7.69. The zero-order valence-corrected chi connectivity index (χ0v) is 14.1. The molecule has 1 unspecified atom stereocenters. The second-order valence-electron chi connectivity index (χ2n) is 5.39. The minimum Gasteiger partial charge on any atom is -0.459 e. The van der Waals surface area contributed by atoms with Gasteiger partial charge in [0.15, 0.2) is 0 Å². The number of amides is 2. The number of hydrogen-bond acceptors (Lipinski definition) is 6. The summed E-state index contributed by atoms with van der Waals surface area (Å²) in [4.78, 5) is 51.6. The lowest BCUT2D eigenvalue weighted by atomic mass is 10.2. The lowest BCUT2D eigenvalue weighted by Crippen LogP contribution is -2.49. The Kier molecular flexibility index (Phi) is 6.35. The van der Waals surface area contributed by atoms with Gasteiger partial charge in [-0.3, -0.25) is 14.5 Å². The molecule has 1 heterocycles. The Morgan fingerprint density at radius 3 is 2.54 bits per heavy atom. The number of ether oxygens (including phenoxy) is 2. The number of benzene rings is 1. The molecule has 9 heteroatoms. The van der Waals surface area contributed by atoms with E-state index in [1.54, 1.807) is 24.3 Å². The van der Waals surface area contributed by atoms with E-state index in [2.05, 4.69) is 9.53 Å². The van der Waals surface area contributed by atoms with Gasteiger partial charge in [-0.2, -0.15) is 4.79 Å². The van der Waals surface area contributed by atoms with Crippen molar-refractivity contribution >= 4 is 29.5 Å². The second kappa shape index (κ2) is 8.68. The zero-order chi connectivity index (χ0) is 19.1. The van der Waals surface area contributed by atoms with Crippen LogP contribution in [0, 0.1) is 0 Å². The monoisotopic (exact) mass is 359 g/mol. The van der Waals surface area contributed by atoms with Gasteiger partial charge >= 0.3 is 23.6 Å². The SMILES string of the molecule is CCOC(=O)C(=[N+]=[N-])C(=O)N1C(=O)CCC1C(=O)OCc1ccccc1. The molecule has 0 radical (unpaired) electrons. The standard InChI is InChI=1S/C17H17N3O6/c1-2-25-17(24)14(19-18)15(22)20-12(8-9-13(20)21)16(23)26-10-11-6-4-3-5-7-11/h3-7,12H,2,8-10H2,1H3. The Morgan fingerprint density at radius 2 is 1.92 bits per heavy atom. The highest BCUT2D eigenvalue weighted by Gasteiger charge is 2.47. The van der Waals surface area contributed by atoms with Gasteiger partial charge in [0.1, 0.15) is 12.6 Å². The third-order valence-corrected chi connectivity index (χ3v) is 3.70. The number of esters is 2. The number of carbonyl (C=O) groups is 4. The molecule has 26 heavy (non-hydrogen) atoms. The van der Waals surface area contributed by atoms with E-state index in [1.807, 2.05) is 6.07 Å². The Bertz CT molecular complexity index is 770. The first-order valence-electron chi connectivity index (χ1n) is 7.95. The summed E-state index contributed by atoms with van der Waals surface area (Å²) in [5.41, 5.74) is 8.70. The first-order chi connectivity index (χ1) is 12.5. The van der Waals surface area contributed by atoms with Crippen LogP contribution in [0.15, 0.2) is 30.3 Å². The van der Waals surface area contributed by atoms with Crippen LogP contribution in [0.1, 0.15) is 25.3 Å². The van der Waals surface area contributed by atoms with E-state index >= 15 is 0 Å². The summed E-state index contributed by atoms with van der Waals surface area (Å²) in [6.07, 6.45) is -0.0158.